The van der Waals surface area contributed by atoms with Crippen LogP contribution in [0, 0.1) is 0 Å². The molecule has 0 atom stereocenters. The summed E-state index contributed by atoms with van der Waals surface area (Å²) in [6, 6.07) is 24.4. The van der Waals surface area contributed by atoms with E-state index in [1.807, 2.05) is 66.9 Å². The van der Waals surface area contributed by atoms with Crippen LogP contribution in [-0.4, -0.2) is 33.0 Å². The zero-order valence-corrected chi connectivity index (χ0v) is 21.7. The third kappa shape index (κ3) is 5.18. The Kier molecular flexibility index (Phi) is 6.89. The van der Waals surface area contributed by atoms with Gasteiger partial charge >= 0.3 is 0 Å². The van der Waals surface area contributed by atoms with Crippen LogP contribution in [0.3, 0.4) is 0 Å². The van der Waals surface area contributed by atoms with Crippen molar-refractivity contribution in [3.63, 3.8) is 0 Å². The fourth-order valence-electron chi connectivity index (χ4n) is 3.91. The van der Waals surface area contributed by atoms with Crippen LogP contribution in [0.4, 0.5) is 11.4 Å². The number of ether oxygens (including phenoxy) is 1. The molecule has 0 saturated carbocycles. The highest BCUT2D eigenvalue weighted by molar-refractivity contribution is 8.27. The van der Waals surface area contributed by atoms with Crippen molar-refractivity contribution in [2.24, 2.45) is 0 Å². The first-order valence-corrected chi connectivity index (χ1v) is 12.6. The molecule has 0 unspecified atom stereocenters. The molecule has 184 valence electrons. The van der Waals surface area contributed by atoms with Gasteiger partial charge in [-0.3, -0.25) is 14.5 Å². The number of benzene rings is 3. The van der Waals surface area contributed by atoms with E-state index < -0.39 is 0 Å². The van der Waals surface area contributed by atoms with Gasteiger partial charge in [-0.1, -0.05) is 42.2 Å². The lowest BCUT2D eigenvalue weighted by molar-refractivity contribution is -0.114. The summed E-state index contributed by atoms with van der Waals surface area (Å²) in [6.45, 7) is 1.45. The molecule has 5 rings (SSSR count). The smallest absolute Gasteiger partial charge is 0.270 e. The second-order valence-electron chi connectivity index (χ2n) is 8.19. The molecule has 4 aromatic rings. The molecule has 0 spiro atoms. The number of nitrogens with one attached hydrogen (secondary N) is 1. The van der Waals surface area contributed by atoms with Gasteiger partial charge in [0.1, 0.15) is 5.75 Å². The summed E-state index contributed by atoms with van der Waals surface area (Å²) in [4.78, 5) is 26.7. The number of methoxy groups -OCH3 is 1. The van der Waals surface area contributed by atoms with Crippen molar-refractivity contribution >= 4 is 57.6 Å². The molecule has 0 aliphatic carbocycles. The fraction of sp³-hybridized carbons (Fsp3) is 0.0714. The highest BCUT2D eigenvalue weighted by Gasteiger charge is 2.33. The molecule has 1 saturated heterocycles. The van der Waals surface area contributed by atoms with E-state index in [2.05, 4.69) is 5.32 Å². The summed E-state index contributed by atoms with van der Waals surface area (Å²) >= 11 is 6.80. The van der Waals surface area contributed by atoms with Crippen molar-refractivity contribution in [1.82, 2.24) is 9.78 Å². The minimum atomic E-state index is -0.213. The number of aromatic nitrogens is 2. The van der Waals surface area contributed by atoms with Crippen molar-refractivity contribution in [3.05, 3.63) is 95.5 Å². The average Bonchev–Trinajstić information content (AvgIpc) is 3.45. The van der Waals surface area contributed by atoms with E-state index in [1.165, 1.54) is 23.6 Å². The van der Waals surface area contributed by atoms with Gasteiger partial charge in [-0.05, 0) is 66.7 Å². The highest BCUT2D eigenvalue weighted by atomic mass is 32.2. The van der Waals surface area contributed by atoms with Gasteiger partial charge in [0.05, 0.1) is 29.1 Å². The standard InChI is InChI=1S/C28H22N4O3S2/c1-18(33)29-21-10-12-23(13-11-21)32-27(34)25(37-28(32)36)16-20-17-31(22-6-4-3-5-7-22)30-26(20)19-8-14-24(35-2)15-9-19/h3-17H,1-2H3,(H,29,33)/b25-16-. The number of nitrogens with zero attached hydrogens (tertiary/aromatic N) is 3. The molecule has 9 heteroatoms. The van der Waals surface area contributed by atoms with Crippen LogP contribution in [0.15, 0.2) is 90.0 Å². The van der Waals surface area contributed by atoms with Gasteiger partial charge in [0.25, 0.3) is 5.91 Å². The molecule has 0 bridgehead atoms. The van der Waals surface area contributed by atoms with Gasteiger partial charge in [-0.2, -0.15) is 5.10 Å². The molecule has 0 radical (unpaired) electrons. The third-order valence-electron chi connectivity index (χ3n) is 5.65. The van der Waals surface area contributed by atoms with Crippen LogP contribution in [0.25, 0.3) is 23.0 Å². The van der Waals surface area contributed by atoms with Crippen LogP contribution in [0.2, 0.25) is 0 Å². The van der Waals surface area contributed by atoms with Gasteiger partial charge in [0.2, 0.25) is 5.91 Å². The number of thiocarbonyl (C=S) groups is 1. The van der Waals surface area contributed by atoms with Gasteiger partial charge in [-0.15, -0.1) is 0 Å². The Morgan fingerprint density at radius 3 is 2.35 bits per heavy atom. The minimum Gasteiger partial charge on any atom is -0.497 e. The quantitative estimate of drug-likeness (QED) is 0.249. The summed E-state index contributed by atoms with van der Waals surface area (Å²) in [5, 5.41) is 7.55. The van der Waals surface area contributed by atoms with E-state index in [0.717, 1.165) is 28.3 Å². The Balaban J connectivity index is 1.51. The molecule has 3 aromatic carbocycles. The normalized spacial score (nSPS) is 14.3. The van der Waals surface area contributed by atoms with E-state index in [9.17, 15) is 9.59 Å². The second kappa shape index (κ2) is 10.4. The molecule has 1 aliphatic rings. The fourth-order valence-corrected chi connectivity index (χ4v) is 5.20. The topological polar surface area (TPSA) is 76.5 Å². The van der Waals surface area contributed by atoms with Crippen LogP contribution in [0.5, 0.6) is 5.75 Å². The third-order valence-corrected chi connectivity index (χ3v) is 6.96. The summed E-state index contributed by atoms with van der Waals surface area (Å²) in [5.41, 5.74) is 4.60. The first-order chi connectivity index (χ1) is 17.9. The van der Waals surface area contributed by atoms with E-state index in [0.29, 0.717) is 20.6 Å². The molecule has 1 aromatic heterocycles. The van der Waals surface area contributed by atoms with Crippen LogP contribution in [0.1, 0.15) is 12.5 Å². The minimum absolute atomic E-state index is 0.162. The SMILES string of the molecule is COc1ccc(-c2nn(-c3ccccc3)cc2/C=C2\SC(=S)N(c3ccc(NC(C)=O)cc3)C2=O)cc1. The maximum Gasteiger partial charge on any atom is 0.270 e. The predicted molar refractivity (Wildman–Crippen MR) is 152 cm³/mol. The van der Waals surface area contributed by atoms with Gasteiger partial charge < -0.3 is 10.1 Å². The maximum absolute atomic E-state index is 13.4. The molecule has 2 heterocycles. The van der Waals surface area contributed by atoms with Crippen molar-refractivity contribution in [2.45, 2.75) is 6.92 Å². The maximum atomic E-state index is 13.4. The summed E-state index contributed by atoms with van der Waals surface area (Å²) in [6.07, 6.45) is 3.74. The zero-order valence-electron chi connectivity index (χ0n) is 20.0. The average molecular weight is 527 g/mol. The number of hydrogen-bond donors (Lipinski definition) is 1. The summed E-state index contributed by atoms with van der Waals surface area (Å²) in [7, 11) is 1.62. The molecule has 37 heavy (non-hydrogen) atoms. The molecule has 1 fully saturated rings. The Bertz CT molecular complexity index is 1510. The van der Waals surface area contributed by atoms with Crippen molar-refractivity contribution in [2.75, 3.05) is 17.3 Å². The number of carbonyl (C=O) groups is 2. The zero-order chi connectivity index (χ0) is 25.9. The Labute approximate surface area is 223 Å². The van der Waals surface area contributed by atoms with Crippen molar-refractivity contribution in [3.8, 4) is 22.7 Å². The first kappa shape index (κ1) is 24.5. The number of para-hydroxylation sites is 1. The first-order valence-electron chi connectivity index (χ1n) is 11.4. The van der Waals surface area contributed by atoms with Crippen molar-refractivity contribution < 1.29 is 14.3 Å². The summed E-state index contributed by atoms with van der Waals surface area (Å²) < 4.78 is 7.53. The predicted octanol–water partition coefficient (Wildman–Crippen LogP) is 5.91. The van der Waals surface area contributed by atoms with E-state index in [1.54, 1.807) is 36.1 Å². The molecular weight excluding hydrogens is 504 g/mol. The summed E-state index contributed by atoms with van der Waals surface area (Å²) in [5.74, 6) is 0.374. The number of rotatable bonds is 6. The lowest BCUT2D eigenvalue weighted by atomic mass is 10.1. The Morgan fingerprint density at radius 2 is 1.70 bits per heavy atom. The van der Waals surface area contributed by atoms with Gasteiger partial charge in [0, 0.05) is 29.9 Å². The largest absolute Gasteiger partial charge is 0.497 e. The number of hydrogen-bond acceptors (Lipinski definition) is 6. The van der Waals surface area contributed by atoms with Crippen LogP contribution < -0.4 is 15.0 Å². The monoisotopic (exact) mass is 526 g/mol. The molecular formula is C28H22N4O3S2. The number of thioether (sulfide) groups is 1. The van der Waals surface area contributed by atoms with E-state index in [-0.39, 0.29) is 11.8 Å². The van der Waals surface area contributed by atoms with Gasteiger partial charge in [0.15, 0.2) is 4.32 Å². The number of carbonyl (C=O) groups excluding carboxylic acids is 2. The van der Waals surface area contributed by atoms with Crippen LogP contribution in [-0.2, 0) is 9.59 Å². The highest BCUT2D eigenvalue weighted by Crippen LogP contribution is 2.38. The second-order valence-corrected chi connectivity index (χ2v) is 9.86. The number of amides is 2. The lowest BCUT2D eigenvalue weighted by Crippen LogP contribution is -2.27. The molecule has 1 N–H and O–H groups in total. The number of anilines is 2. The molecule has 2 amide bonds. The van der Waals surface area contributed by atoms with E-state index >= 15 is 0 Å². The van der Waals surface area contributed by atoms with Crippen molar-refractivity contribution in [1.29, 1.82) is 0 Å². The Morgan fingerprint density at radius 1 is 1.00 bits per heavy atom. The van der Waals surface area contributed by atoms with Crippen LogP contribution >= 0.6 is 24.0 Å². The van der Waals surface area contributed by atoms with E-state index in [4.69, 9.17) is 22.1 Å². The van der Waals surface area contributed by atoms with Gasteiger partial charge in [-0.25, -0.2) is 4.68 Å². The molecule has 1 aliphatic heterocycles. The lowest BCUT2D eigenvalue weighted by Gasteiger charge is -2.15. The molecule has 7 nitrogen and oxygen atoms in total. The Hall–Kier alpha value is -4.21.